The number of ether oxygens (including phenoxy) is 1. The molecule has 0 saturated carbocycles. The van der Waals surface area contributed by atoms with E-state index >= 15 is 0 Å². The molecule has 4 heteroatoms. The smallest absolute Gasteiger partial charge is 0.354 e. The Bertz CT molecular complexity index is 388. The lowest BCUT2D eigenvalue weighted by Crippen LogP contribution is -2.11. The summed E-state index contributed by atoms with van der Waals surface area (Å²) in [6.07, 6.45) is 1.01. The van der Waals surface area contributed by atoms with Crippen LogP contribution < -0.4 is 0 Å². The van der Waals surface area contributed by atoms with Crippen molar-refractivity contribution in [1.29, 1.82) is 5.26 Å². The highest BCUT2D eigenvalue weighted by Crippen LogP contribution is 2.07. The van der Waals surface area contributed by atoms with Crippen LogP contribution in [0, 0.1) is 18.3 Å². The van der Waals surface area contributed by atoms with Gasteiger partial charge in [0.2, 0.25) is 0 Å². The predicted octanol–water partition coefficient (Wildman–Crippen LogP) is 1.79. The van der Waals surface area contributed by atoms with E-state index in [0.29, 0.717) is 25.1 Å². The van der Waals surface area contributed by atoms with Crippen LogP contribution in [0.15, 0.2) is 12.1 Å². The quantitative estimate of drug-likeness (QED) is 0.557. The normalized spacial score (nSPS) is 9.67. The first kappa shape index (κ1) is 11.3. The first-order chi connectivity index (χ1) is 7.16. The first-order valence-electron chi connectivity index (χ1n) is 4.83. The zero-order valence-corrected chi connectivity index (χ0v) is 8.99. The van der Waals surface area contributed by atoms with Gasteiger partial charge in [-0.3, -0.25) is 0 Å². The van der Waals surface area contributed by atoms with E-state index < -0.39 is 0 Å². The van der Waals surface area contributed by atoms with Crippen LogP contribution in [0.25, 0.3) is 0 Å². The van der Waals surface area contributed by atoms with E-state index in [-0.39, 0.29) is 5.97 Å². The molecule has 0 fully saturated rings. The molecule has 0 aliphatic carbocycles. The number of hydrogen-bond donors (Lipinski definition) is 0. The van der Waals surface area contributed by atoms with Gasteiger partial charge in [0.25, 0.3) is 0 Å². The molecule has 1 heterocycles. The lowest BCUT2D eigenvalue weighted by atomic mass is 10.3. The molecule has 0 aliphatic rings. The highest BCUT2D eigenvalue weighted by Gasteiger charge is 2.11. The lowest BCUT2D eigenvalue weighted by Gasteiger charge is -2.05. The van der Waals surface area contributed by atoms with Crippen molar-refractivity contribution in [1.82, 2.24) is 4.57 Å². The number of carbonyl (C=O) groups is 1. The Balaban J connectivity index is 2.48. The van der Waals surface area contributed by atoms with Crippen molar-refractivity contribution in [3.8, 4) is 6.07 Å². The average molecular weight is 206 g/mol. The molecule has 4 nitrogen and oxygen atoms in total. The van der Waals surface area contributed by atoms with Gasteiger partial charge in [-0.05, 0) is 25.5 Å². The van der Waals surface area contributed by atoms with Gasteiger partial charge in [-0.15, -0.1) is 0 Å². The number of aromatic nitrogens is 1. The summed E-state index contributed by atoms with van der Waals surface area (Å²) in [6.45, 7) is 2.23. The Kier molecular flexibility index (Phi) is 3.92. The fourth-order valence-electron chi connectivity index (χ4n) is 1.21. The van der Waals surface area contributed by atoms with Gasteiger partial charge in [-0.25, -0.2) is 4.79 Å². The van der Waals surface area contributed by atoms with Crippen LogP contribution in [0.4, 0.5) is 0 Å². The Morgan fingerprint density at radius 1 is 1.60 bits per heavy atom. The second-order valence-corrected chi connectivity index (χ2v) is 3.32. The summed E-state index contributed by atoms with van der Waals surface area (Å²) in [5, 5.41) is 8.30. The predicted molar refractivity (Wildman–Crippen MR) is 55.3 cm³/mol. The average Bonchev–Trinajstić information content (AvgIpc) is 2.55. The van der Waals surface area contributed by atoms with Gasteiger partial charge in [-0.2, -0.15) is 5.26 Å². The second kappa shape index (κ2) is 5.20. The molecule has 0 radical (unpaired) electrons. The highest BCUT2D eigenvalue weighted by atomic mass is 16.5. The van der Waals surface area contributed by atoms with E-state index in [0.717, 1.165) is 5.69 Å². The Morgan fingerprint density at radius 3 is 2.87 bits per heavy atom. The number of nitriles is 1. The molecular formula is C11H14N2O2. The highest BCUT2D eigenvalue weighted by molar-refractivity contribution is 5.87. The molecule has 0 amide bonds. The molecule has 1 rings (SSSR count). The van der Waals surface area contributed by atoms with Gasteiger partial charge >= 0.3 is 5.97 Å². The number of aryl methyl sites for hydroxylation is 1. The SMILES string of the molecule is Cc1ccc(C(=O)OCCCC#N)n1C. The Hall–Kier alpha value is -1.76. The third-order valence-corrected chi connectivity index (χ3v) is 2.25. The number of esters is 1. The van der Waals surface area contributed by atoms with Crippen molar-refractivity contribution in [3.05, 3.63) is 23.5 Å². The van der Waals surface area contributed by atoms with Crippen molar-refractivity contribution in [3.63, 3.8) is 0 Å². The third-order valence-electron chi connectivity index (χ3n) is 2.25. The van der Waals surface area contributed by atoms with Crippen LogP contribution in [0.2, 0.25) is 0 Å². The van der Waals surface area contributed by atoms with E-state index in [1.807, 2.05) is 26.1 Å². The van der Waals surface area contributed by atoms with E-state index in [1.165, 1.54) is 0 Å². The van der Waals surface area contributed by atoms with Crippen molar-refractivity contribution in [2.45, 2.75) is 19.8 Å². The zero-order chi connectivity index (χ0) is 11.3. The molecule has 0 spiro atoms. The summed E-state index contributed by atoms with van der Waals surface area (Å²) in [7, 11) is 1.82. The van der Waals surface area contributed by atoms with E-state index in [9.17, 15) is 4.79 Å². The lowest BCUT2D eigenvalue weighted by molar-refractivity contribution is 0.0490. The summed E-state index contributed by atoms with van der Waals surface area (Å²) < 4.78 is 6.80. The molecule has 0 aromatic carbocycles. The minimum absolute atomic E-state index is 0.302. The molecule has 80 valence electrons. The van der Waals surface area contributed by atoms with Gasteiger partial charge in [-0.1, -0.05) is 0 Å². The van der Waals surface area contributed by atoms with Crippen LogP contribution in [-0.2, 0) is 11.8 Å². The first-order valence-corrected chi connectivity index (χ1v) is 4.83. The van der Waals surface area contributed by atoms with Gasteiger partial charge in [0.1, 0.15) is 5.69 Å². The minimum atomic E-state index is -0.330. The van der Waals surface area contributed by atoms with Crippen LogP contribution in [0.3, 0.4) is 0 Å². The maximum absolute atomic E-state index is 11.5. The number of nitrogens with zero attached hydrogens (tertiary/aromatic N) is 2. The van der Waals surface area contributed by atoms with Gasteiger partial charge in [0, 0.05) is 19.2 Å². The molecule has 0 saturated heterocycles. The molecule has 0 unspecified atom stereocenters. The summed E-state index contributed by atoms with van der Waals surface area (Å²) in [4.78, 5) is 11.5. The van der Waals surface area contributed by atoms with E-state index in [2.05, 4.69) is 0 Å². The van der Waals surface area contributed by atoms with Crippen LogP contribution in [-0.4, -0.2) is 17.1 Å². The maximum Gasteiger partial charge on any atom is 0.354 e. The third kappa shape index (κ3) is 2.84. The summed E-state index contributed by atoms with van der Waals surface area (Å²) in [6, 6.07) is 5.61. The van der Waals surface area contributed by atoms with E-state index in [4.69, 9.17) is 10.00 Å². The zero-order valence-electron chi connectivity index (χ0n) is 8.99. The molecular weight excluding hydrogens is 192 g/mol. The molecule has 0 atom stereocenters. The van der Waals surface area contributed by atoms with Gasteiger partial charge in [0.05, 0.1) is 12.7 Å². The topological polar surface area (TPSA) is 55.0 Å². The van der Waals surface area contributed by atoms with E-state index in [1.54, 1.807) is 10.6 Å². The number of hydrogen-bond acceptors (Lipinski definition) is 3. The summed E-state index contributed by atoms with van der Waals surface area (Å²) >= 11 is 0. The van der Waals surface area contributed by atoms with Crippen molar-refractivity contribution < 1.29 is 9.53 Å². The number of unbranched alkanes of at least 4 members (excludes halogenated alkanes) is 1. The van der Waals surface area contributed by atoms with Crippen molar-refractivity contribution in [2.24, 2.45) is 7.05 Å². The summed E-state index contributed by atoms with van der Waals surface area (Å²) in [5.74, 6) is -0.330. The van der Waals surface area contributed by atoms with Crippen molar-refractivity contribution >= 4 is 5.97 Å². The maximum atomic E-state index is 11.5. The second-order valence-electron chi connectivity index (χ2n) is 3.32. The molecule has 0 N–H and O–H groups in total. The standard InChI is InChI=1S/C11H14N2O2/c1-9-5-6-10(13(9)2)11(14)15-8-4-3-7-12/h5-6H,3-4,8H2,1-2H3. The number of rotatable bonds is 4. The summed E-state index contributed by atoms with van der Waals surface area (Å²) in [5.41, 5.74) is 1.56. The molecule has 15 heavy (non-hydrogen) atoms. The van der Waals surface area contributed by atoms with Crippen LogP contribution in [0.5, 0.6) is 0 Å². The molecule has 0 aliphatic heterocycles. The number of carbonyl (C=O) groups excluding carboxylic acids is 1. The molecule has 1 aromatic rings. The van der Waals surface area contributed by atoms with Crippen LogP contribution >= 0.6 is 0 Å². The fourth-order valence-corrected chi connectivity index (χ4v) is 1.21. The fraction of sp³-hybridized carbons (Fsp3) is 0.455. The Morgan fingerprint density at radius 2 is 2.33 bits per heavy atom. The molecule has 1 aromatic heterocycles. The largest absolute Gasteiger partial charge is 0.461 e. The minimum Gasteiger partial charge on any atom is -0.461 e. The van der Waals surface area contributed by atoms with Crippen LogP contribution in [0.1, 0.15) is 29.0 Å². The van der Waals surface area contributed by atoms with Gasteiger partial charge in [0.15, 0.2) is 0 Å². The Labute approximate surface area is 89.1 Å². The van der Waals surface area contributed by atoms with Crippen molar-refractivity contribution in [2.75, 3.05) is 6.61 Å². The molecule has 0 bridgehead atoms. The van der Waals surface area contributed by atoms with Gasteiger partial charge < -0.3 is 9.30 Å². The monoisotopic (exact) mass is 206 g/mol.